The van der Waals surface area contributed by atoms with Gasteiger partial charge in [-0.1, -0.05) is 22.8 Å². The fraction of sp³-hybridized carbons (Fsp3) is 0.250. The van der Waals surface area contributed by atoms with E-state index in [1.54, 1.807) is 24.3 Å². The molecule has 4 rings (SSSR count). The summed E-state index contributed by atoms with van der Waals surface area (Å²) in [4.78, 5) is 16.8. The summed E-state index contributed by atoms with van der Waals surface area (Å²) in [6.45, 7) is 1.86. The second-order valence-corrected chi connectivity index (χ2v) is 7.00. The Balaban J connectivity index is 1.48. The molecule has 26 heavy (non-hydrogen) atoms. The maximum Gasteiger partial charge on any atom is 0.251 e. The number of nitrogens with zero attached hydrogens (tertiary/aromatic N) is 2. The molecule has 0 radical (unpaired) electrons. The number of hydrogen-bond donors (Lipinski definition) is 1. The van der Waals surface area contributed by atoms with Crippen LogP contribution in [0.3, 0.4) is 0 Å². The van der Waals surface area contributed by atoms with Crippen molar-refractivity contribution in [3.8, 4) is 11.3 Å². The van der Waals surface area contributed by atoms with Gasteiger partial charge in [-0.25, -0.2) is 0 Å². The topological polar surface area (TPSA) is 68.0 Å². The minimum atomic E-state index is -0.313. The highest BCUT2D eigenvalue weighted by Crippen LogP contribution is 2.39. The van der Waals surface area contributed by atoms with Crippen LogP contribution in [0.5, 0.6) is 0 Å². The van der Waals surface area contributed by atoms with Gasteiger partial charge in [0.2, 0.25) is 0 Å². The van der Waals surface area contributed by atoms with Crippen LogP contribution in [0.2, 0.25) is 5.02 Å². The first-order valence-corrected chi connectivity index (χ1v) is 8.97. The molecule has 2 heterocycles. The van der Waals surface area contributed by atoms with Crippen LogP contribution in [0.25, 0.3) is 11.3 Å². The van der Waals surface area contributed by atoms with Gasteiger partial charge in [-0.15, -0.1) is 0 Å². The van der Waals surface area contributed by atoms with Crippen LogP contribution < -0.4 is 5.32 Å². The predicted octanol–water partition coefficient (Wildman–Crippen LogP) is 4.76. The zero-order valence-corrected chi connectivity index (χ0v) is 15.0. The Morgan fingerprint density at radius 1 is 1.27 bits per heavy atom. The number of pyridine rings is 1. The molecule has 132 valence electrons. The number of hydrogen-bond acceptors (Lipinski definition) is 4. The smallest absolute Gasteiger partial charge is 0.251 e. The van der Waals surface area contributed by atoms with Crippen LogP contribution in [-0.2, 0) is 0 Å². The number of benzene rings is 1. The maximum atomic E-state index is 12.3. The summed E-state index contributed by atoms with van der Waals surface area (Å²) in [5.74, 6) is 0.968. The van der Waals surface area contributed by atoms with Crippen molar-refractivity contribution < 1.29 is 9.32 Å². The largest absolute Gasteiger partial charge is 0.359 e. The Morgan fingerprint density at radius 2 is 2.12 bits per heavy atom. The molecule has 0 bridgehead atoms. The minimum Gasteiger partial charge on any atom is -0.359 e. The Hall–Kier alpha value is -2.66. The highest BCUT2D eigenvalue weighted by Gasteiger charge is 2.25. The van der Waals surface area contributed by atoms with Gasteiger partial charge in [0.05, 0.1) is 6.04 Å². The number of rotatable bonds is 5. The Labute approximate surface area is 156 Å². The quantitative estimate of drug-likeness (QED) is 0.706. The van der Waals surface area contributed by atoms with Crippen LogP contribution in [0, 0.1) is 0 Å². The summed E-state index contributed by atoms with van der Waals surface area (Å²) in [7, 11) is 0. The van der Waals surface area contributed by atoms with Crippen LogP contribution in [-0.4, -0.2) is 16.0 Å². The Bertz CT molecular complexity index is 949. The first kappa shape index (κ1) is 16.8. The summed E-state index contributed by atoms with van der Waals surface area (Å²) in [5.41, 5.74) is 3.33. The van der Waals surface area contributed by atoms with Crippen molar-refractivity contribution in [3.63, 3.8) is 0 Å². The van der Waals surface area contributed by atoms with Gasteiger partial charge in [0.15, 0.2) is 5.76 Å². The Kier molecular flexibility index (Phi) is 4.47. The molecule has 1 aliphatic rings. The van der Waals surface area contributed by atoms with Crippen molar-refractivity contribution in [2.75, 3.05) is 0 Å². The van der Waals surface area contributed by atoms with Gasteiger partial charge in [0, 0.05) is 40.0 Å². The fourth-order valence-corrected chi connectivity index (χ4v) is 3.01. The maximum absolute atomic E-state index is 12.3. The third kappa shape index (κ3) is 3.63. The van der Waals surface area contributed by atoms with Crippen LogP contribution >= 0.6 is 11.6 Å². The second kappa shape index (κ2) is 6.92. The lowest BCUT2D eigenvalue weighted by Gasteiger charge is -2.10. The van der Waals surface area contributed by atoms with E-state index in [9.17, 15) is 4.79 Å². The lowest BCUT2D eigenvalue weighted by Crippen LogP contribution is -2.26. The molecule has 1 fully saturated rings. The van der Waals surface area contributed by atoms with Crippen molar-refractivity contribution >= 4 is 17.5 Å². The Morgan fingerprint density at radius 3 is 2.88 bits per heavy atom. The number of carbonyl (C=O) groups is 1. The van der Waals surface area contributed by atoms with Crippen LogP contribution in [0.4, 0.5) is 0 Å². The molecular formula is C20H18ClN3O2. The zero-order chi connectivity index (χ0) is 18.1. The average Bonchev–Trinajstić information content (AvgIpc) is 3.38. The fourth-order valence-electron chi connectivity index (χ4n) is 2.82. The first-order valence-electron chi connectivity index (χ1n) is 8.59. The van der Waals surface area contributed by atoms with Gasteiger partial charge in [0.25, 0.3) is 5.91 Å². The van der Waals surface area contributed by atoms with Gasteiger partial charge in [-0.2, -0.15) is 0 Å². The standard InChI is InChI=1S/C20H18ClN3O2/c1-12(23-20(25)15-3-2-4-16(21)9-15)19-11-18(24-26-19)14-7-8-22-17(10-14)13-5-6-13/h2-4,7-13H,5-6H2,1H3,(H,23,25)/t12-/m0/s1. The van der Waals surface area contributed by atoms with Crippen molar-refractivity contribution in [3.05, 3.63) is 70.7 Å². The summed E-state index contributed by atoms with van der Waals surface area (Å²) in [5, 5.41) is 7.57. The molecule has 5 nitrogen and oxygen atoms in total. The molecule has 1 amide bonds. The van der Waals surface area contributed by atoms with Gasteiger partial charge in [-0.3, -0.25) is 9.78 Å². The third-order valence-electron chi connectivity index (χ3n) is 4.46. The van der Waals surface area contributed by atoms with Gasteiger partial charge in [0.1, 0.15) is 5.69 Å². The summed E-state index contributed by atoms with van der Waals surface area (Å²) < 4.78 is 5.45. The molecule has 0 saturated heterocycles. The highest BCUT2D eigenvalue weighted by atomic mass is 35.5. The second-order valence-electron chi connectivity index (χ2n) is 6.56. The number of aromatic nitrogens is 2. The molecule has 1 atom stereocenters. The van der Waals surface area contributed by atoms with E-state index < -0.39 is 0 Å². The predicted molar refractivity (Wildman–Crippen MR) is 99.0 cm³/mol. The lowest BCUT2D eigenvalue weighted by molar-refractivity contribution is 0.0934. The number of amides is 1. The number of nitrogens with one attached hydrogen (secondary N) is 1. The van der Waals surface area contributed by atoms with E-state index in [1.165, 1.54) is 12.8 Å². The number of carbonyl (C=O) groups excluding carboxylic acids is 1. The van der Waals surface area contributed by atoms with E-state index in [0.717, 1.165) is 17.0 Å². The van der Waals surface area contributed by atoms with E-state index in [0.29, 0.717) is 22.3 Å². The molecule has 6 heteroatoms. The van der Waals surface area contributed by atoms with E-state index in [4.69, 9.17) is 16.1 Å². The van der Waals surface area contributed by atoms with E-state index in [-0.39, 0.29) is 11.9 Å². The number of halogens is 1. The van der Waals surface area contributed by atoms with Crippen molar-refractivity contribution in [1.82, 2.24) is 15.5 Å². The third-order valence-corrected chi connectivity index (χ3v) is 4.70. The molecular weight excluding hydrogens is 350 g/mol. The molecule has 1 saturated carbocycles. The molecule has 1 N–H and O–H groups in total. The molecule has 1 aromatic carbocycles. The minimum absolute atomic E-state index is 0.210. The van der Waals surface area contributed by atoms with E-state index >= 15 is 0 Å². The summed E-state index contributed by atoms with van der Waals surface area (Å²) >= 11 is 5.94. The van der Waals surface area contributed by atoms with E-state index in [2.05, 4.69) is 21.5 Å². The van der Waals surface area contributed by atoms with Gasteiger partial charge < -0.3 is 9.84 Å². The monoisotopic (exact) mass is 367 g/mol. The first-order chi connectivity index (χ1) is 12.6. The molecule has 3 aromatic rings. The van der Waals surface area contributed by atoms with Crippen molar-refractivity contribution in [2.45, 2.75) is 31.7 Å². The molecule has 0 aliphatic heterocycles. The van der Waals surface area contributed by atoms with Gasteiger partial charge >= 0.3 is 0 Å². The molecule has 0 spiro atoms. The zero-order valence-electron chi connectivity index (χ0n) is 14.3. The van der Waals surface area contributed by atoms with Gasteiger partial charge in [-0.05, 0) is 50.1 Å². The highest BCUT2D eigenvalue weighted by molar-refractivity contribution is 6.30. The van der Waals surface area contributed by atoms with E-state index in [1.807, 2.05) is 25.3 Å². The lowest BCUT2D eigenvalue weighted by atomic mass is 10.1. The van der Waals surface area contributed by atoms with Crippen LogP contribution in [0.1, 0.15) is 53.5 Å². The SMILES string of the molecule is C[C@H](NC(=O)c1cccc(Cl)c1)c1cc(-c2ccnc(C3CC3)c2)no1. The van der Waals surface area contributed by atoms with Crippen LogP contribution in [0.15, 0.2) is 53.2 Å². The average molecular weight is 368 g/mol. The summed E-state index contributed by atoms with van der Waals surface area (Å²) in [6, 6.07) is 12.4. The molecule has 1 aliphatic carbocycles. The summed E-state index contributed by atoms with van der Waals surface area (Å²) in [6.07, 6.45) is 4.21. The van der Waals surface area contributed by atoms with Crippen molar-refractivity contribution in [1.29, 1.82) is 0 Å². The molecule has 0 unspecified atom stereocenters. The van der Waals surface area contributed by atoms with Crippen molar-refractivity contribution in [2.24, 2.45) is 0 Å². The molecule has 2 aromatic heterocycles. The normalized spacial score (nSPS) is 14.8.